The van der Waals surface area contributed by atoms with Crippen molar-refractivity contribution in [2.75, 3.05) is 13.6 Å². The summed E-state index contributed by atoms with van der Waals surface area (Å²) in [4.78, 5) is 2.25. The number of alkyl halides is 2. The van der Waals surface area contributed by atoms with Gasteiger partial charge in [0.15, 0.2) is 0 Å². The first-order chi connectivity index (χ1) is 9.04. The van der Waals surface area contributed by atoms with Gasteiger partial charge in [-0.05, 0) is 25.5 Å². The molecule has 0 aliphatic rings. The average molecular weight is 270 g/mol. The van der Waals surface area contributed by atoms with Gasteiger partial charge in [-0.1, -0.05) is 38.1 Å². The molecule has 0 fully saturated rings. The van der Waals surface area contributed by atoms with E-state index in [-0.39, 0.29) is 11.6 Å². The highest BCUT2D eigenvalue weighted by molar-refractivity contribution is 5.26. The molecule has 0 saturated heterocycles. The molecule has 19 heavy (non-hydrogen) atoms. The van der Waals surface area contributed by atoms with E-state index in [1.54, 1.807) is 12.1 Å². The maximum atomic E-state index is 12.5. The fraction of sp³-hybridized carbons (Fsp3) is 0.600. The Bertz CT molecular complexity index is 361. The standard InChI is InChI=1S/C15H24F2N2/c1-4-13(5-2)19(3)14(10-18)11-6-8-12(9-7-11)15(16)17/h6-9,13-15H,4-5,10,18H2,1-3H3. The Morgan fingerprint density at radius 2 is 1.53 bits per heavy atom. The van der Waals surface area contributed by atoms with Gasteiger partial charge in [0.2, 0.25) is 0 Å². The van der Waals surface area contributed by atoms with E-state index in [1.807, 2.05) is 0 Å². The monoisotopic (exact) mass is 270 g/mol. The smallest absolute Gasteiger partial charge is 0.263 e. The molecule has 1 aromatic rings. The van der Waals surface area contributed by atoms with Crippen LogP contribution in [0, 0.1) is 0 Å². The molecule has 0 saturated carbocycles. The summed E-state index contributed by atoms with van der Waals surface area (Å²) >= 11 is 0. The van der Waals surface area contributed by atoms with E-state index in [9.17, 15) is 8.78 Å². The van der Waals surface area contributed by atoms with Crippen LogP contribution in [-0.2, 0) is 0 Å². The minimum atomic E-state index is -2.41. The van der Waals surface area contributed by atoms with Gasteiger partial charge >= 0.3 is 0 Å². The molecule has 0 heterocycles. The van der Waals surface area contributed by atoms with Gasteiger partial charge in [-0.3, -0.25) is 4.90 Å². The number of nitrogens with zero attached hydrogens (tertiary/aromatic N) is 1. The van der Waals surface area contributed by atoms with Crippen molar-refractivity contribution in [3.8, 4) is 0 Å². The summed E-state index contributed by atoms with van der Waals surface area (Å²) in [6.45, 7) is 4.79. The molecule has 1 atom stereocenters. The van der Waals surface area contributed by atoms with Crippen molar-refractivity contribution in [2.24, 2.45) is 5.73 Å². The Hall–Kier alpha value is -1.00. The van der Waals surface area contributed by atoms with Crippen LogP contribution in [0.25, 0.3) is 0 Å². The number of halogens is 2. The predicted octanol–water partition coefficient (Wildman–Crippen LogP) is 3.74. The van der Waals surface area contributed by atoms with Gasteiger partial charge < -0.3 is 5.73 Å². The molecule has 1 rings (SSSR count). The summed E-state index contributed by atoms with van der Waals surface area (Å²) in [6, 6.07) is 7.04. The first-order valence-corrected chi connectivity index (χ1v) is 6.85. The number of rotatable bonds is 7. The van der Waals surface area contributed by atoms with Gasteiger partial charge in [0, 0.05) is 24.2 Å². The van der Waals surface area contributed by atoms with Crippen molar-refractivity contribution >= 4 is 0 Å². The summed E-state index contributed by atoms with van der Waals surface area (Å²) in [6.07, 6.45) is -0.306. The second-order valence-corrected chi connectivity index (χ2v) is 4.85. The molecule has 0 amide bonds. The molecule has 0 aliphatic heterocycles. The topological polar surface area (TPSA) is 29.3 Å². The van der Waals surface area contributed by atoms with E-state index in [4.69, 9.17) is 5.73 Å². The third-order valence-electron chi connectivity index (χ3n) is 3.81. The number of likely N-dealkylation sites (N-methyl/N-ethyl adjacent to an activating group) is 1. The van der Waals surface area contributed by atoms with Crippen LogP contribution >= 0.6 is 0 Å². The molecule has 108 valence electrons. The van der Waals surface area contributed by atoms with Crippen molar-refractivity contribution in [2.45, 2.75) is 45.2 Å². The Kier molecular flexibility index (Phi) is 6.38. The molecule has 0 spiro atoms. The largest absolute Gasteiger partial charge is 0.329 e. The fourth-order valence-electron chi connectivity index (χ4n) is 2.52. The number of nitrogens with two attached hydrogens (primary N) is 1. The third-order valence-corrected chi connectivity index (χ3v) is 3.81. The van der Waals surface area contributed by atoms with Gasteiger partial charge in [0.1, 0.15) is 0 Å². The van der Waals surface area contributed by atoms with Crippen LogP contribution in [0.2, 0.25) is 0 Å². The number of hydrogen-bond acceptors (Lipinski definition) is 2. The van der Waals surface area contributed by atoms with Crippen molar-refractivity contribution < 1.29 is 8.78 Å². The van der Waals surface area contributed by atoms with Gasteiger partial charge in [0.25, 0.3) is 6.43 Å². The lowest BCUT2D eigenvalue weighted by Gasteiger charge is -2.34. The van der Waals surface area contributed by atoms with Crippen molar-refractivity contribution in [1.29, 1.82) is 0 Å². The highest BCUT2D eigenvalue weighted by Crippen LogP contribution is 2.25. The first kappa shape index (κ1) is 16.1. The zero-order valence-electron chi connectivity index (χ0n) is 11.9. The molecule has 0 bridgehead atoms. The second kappa shape index (κ2) is 7.56. The highest BCUT2D eigenvalue weighted by Gasteiger charge is 2.21. The first-order valence-electron chi connectivity index (χ1n) is 6.85. The molecule has 0 radical (unpaired) electrons. The minimum absolute atomic E-state index is 0.0599. The molecule has 2 nitrogen and oxygen atoms in total. The maximum absolute atomic E-state index is 12.5. The zero-order chi connectivity index (χ0) is 14.4. The van der Waals surface area contributed by atoms with Crippen molar-refractivity contribution in [3.05, 3.63) is 35.4 Å². The van der Waals surface area contributed by atoms with E-state index in [1.165, 1.54) is 12.1 Å². The van der Waals surface area contributed by atoms with Crippen molar-refractivity contribution in [1.82, 2.24) is 4.90 Å². The minimum Gasteiger partial charge on any atom is -0.329 e. The van der Waals surface area contributed by atoms with Crippen LogP contribution in [-0.4, -0.2) is 24.5 Å². The van der Waals surface area contributed by atoms with Crippen LogP contribution in [0.4, 0.5) is 8.78 Å². The van der Waals surface area contributed by atoms with E-state index < -0.39 is 6.43 Å². The highest BCUT2D eigenvalue weighted by atomic mass is 19.3. The molecule has 0 aliphatic carbocycles. The SMILES string of the molecule is CCC(CC)N(C)C(CN)c1ccc(C(F)F)cc1. The Morgan fingerprint density at radius 1 is 1.05 bits per heavy atom. The predicted molar refractivity (Wildman–Crippen MR) is 75.3 cm³/mol. The average Bonchev–Trinajstić information content (AvgIpc) is 2.41. The fourth-order valence-corrected chi connectivity index (χ4v) is 2.52. The van der Waals surface area contributed by atoms with Gasteiger partial charge in [-0.2, -0.15) is 0 Å². The summed E-state index contributed by atoms with van der Waals surface area (Å²) in [5.74, 6) is 0. The number of hydrogen-bond donors (Lipinski definition) is 1. The summed E-state index contributed by atoms with van der Waals surface area (Å²) in [5, 5.41) is 0. The normalized spacial score (nSPS) is 13.5. The second-order valence-electron chi connectivity index (χ2n) is 4.85. The third kappa shape index (κ3) is 3.98. The van der Waals surface area contributed by atoms with E-state index in [0.717, 1.165) is 18.4 Å². The van der Waals surface area contributed by atoms with E-state index in [2.05, 4.69) is 25.8 Å². The van der Waals surface area contributed by atoms with Crippen LogP contribution in [0.1, 0.15) is 50.3 Å². The lowest BCUT2D eigenvalue weighted by Crippen LogP contribution is -2.38. The lowest BCUT2D eigenvalue weighted by molar-refractivity contribution is 0.151. The van der Waals surface area contributed by atoms with E-state index >= 15 is 0 Å². The quantitative estimate of drug-likeness (QED) is 0.817. The maximum Gasteiger partial charge on any atom is 0.263 e. The van der Waals surface area contributed by atoms with Crippen LogP contribution in [0.3, 0.4) is 0 Å². The number of benzene rings is 1. The van der Waals surface area contributed by atoms with Gasteiger partial charge in [-0.15, -0.1) is 0 Å². The molecule has 0 aromatic heterocycles. The molecular formula is C15H24F2N2. The van der Waals surface area contributed by atoms with Crippen LogP contribution in [0.5, 0.6) is 0 Å². The van der Waals surface area contributed by atoms with Gasteiger partial charge in [0.05, 0.1) is 0 Å². The van der Waals surface area contributed by atoms with Gasteiger partial charge in [-0.25, -0.2) is 8.78 Å². The molecule has 4 heteroatoms. The summed E-state index contributed by atoms with van der Waals surface area (Å²) < 4.78 is 25.1. The van der Waals surface area contributed by atoms with Crippen molar-refractivity contribution in [3.63, 3.8) is 0 Å². The Labute approximate surface area is 114 Å². The van der Waals surface area contributed by atoms with Crippen LogP contribution < -0.4 is 5.73 Å². The molecule has 2 N–H and O–H groups in total. The van der Waals surface area contributed by atoms with Crippen LogP contribution in [0.15, 0.2) is 24.3 Å². The Morgan fingerprint density at radius 3 is 1.89 bits per heavy atom. The summed E-state index contributed by atoms with van der Waals surface area (Å²) in [5.41, 5.74) is 6.92. The lowest BCUT2D eigenvalue weighted by atomic mass is 10.0. The molecule has 1 unspecified atom stereocenters. The van der Waals surface area contributed by atoms with E-state index in [0.29, 0.717) is 12.6 Å². The summed E-state index contributed by atoms with van der Waals surface area (Å²) in [7, 11) is 2.05. The molecular weight excluding hydrogens is 246 g/mol. The Balaban J connectivity index is 2.90. The molecule has 1 aromatic carbocycles. The zero-order valence-corrected chi connectivity index (χ0v) is 11.9.